The Bertz CT molecular complexity index is 1050. The van der Waals surface area contributed by atoms with Gasteiger partial charge in [-0.05, 0) is 54.8 Å². The van der Waals surface area contributed by atoms with Gasteiger partial charge < -0.3 is 15.4 Å². The van der Waals surface area contributed by atoms with E-state index in [4.69, 9.17) is 4.74 Å². The molecule has 1 fully saturated rings. The molecule has 1 aliphatic rings. The Balaban J connectivity index is 1.53. The summed E-state index contributed by atoms with van der Waals surface area (Å²) in [4.78, 5) is 24.0. The van der Waals surface area contributed by atoms with Crippen LogP contribution in [0.5, 0.6) is 0 Å². The molecule has 2 N–H and O–H groups in total. The van der Waals surface area contributed by atoms with Crippen LogP contribution in [0.25, 0.3) is 0 Å². The van der Waals surface area contributed by atoms with Crippen molar-refractivity contribution >= 4 is 21.8 Å². The zero-order valence-corrected chi connectivity index (χ0v) is 17.9. The molecule has 3 rings (SSSR count). The molecule has 0 aromatic heterocycles. The van der Waals surface area contributed by atoms with E-state index >= 15 is 0 Å². The minimum Gasteiger partial charge on any atom is -0.360 e. The second kappa shape index (κ2) is 10.6. The Kier molecular flexibility index (Phi) is 7.89. The maximum atomic E-state index is 13.1. The van der Waals surface area contributed by atoms with Crippen LogP contribution in [0.15, 0.2) is 53.4 Å². The summed E-state index contributed by atoms with van der Waals surface area (Å²) >= 11 is 0. The molecule has 2 aromatic carbocycles. The molecule has 0 unspecified atom stereocenters. The number of amides is 2. The van der Waals surface area contributed by atoms with E-state index in [2.05, 4.69) is 10.6 Å². The van der Waals surface area contributed by atoms with Crippen molar-refractivity contribution in [2.24, 2.45) is 0 Å². The first-order chi connectivity index (χ1) is 15.3. The normalized spacial score (nSPS) is 17.0. The third-order valence-corrected chi connectivity index (χ3v) is 6.73. The van der Waals surface area contributed by atoms with Crippen LogP contribution >= 0.6 is 0 Å². The van der Waals surface area contributed by atoms with Crippen molar-refractivity contribution in [2.75, 3.05) is 26.2 Å². The average Bonchev–Trinajstić information content (AvgIpc) is 2.79. The Labute approximate surface area is 184 Å². The molecule has 172 valence electrons. The predicted octanol–water partition coefficient (Wildman–Crippen LogP) is 1.18. The first-order valence-corrected chi connectivity index (χ1v) is 11.4. The first-order valence-electron chi connectivity index (χ1n) is 9.97. The summed E-state index contributed by atoms with van der Waals surface area (Å²) in [5, 5.41) is 4.83. The Hall–Kier alpha value is -2.89. The third kappa shape index (κ3) is 6.09. The van der Waals surface area contributed by atoms with Crippen LogP contribution in [0.3, 0.4) is 0 Å². The summed E-state index contributed by atoms with van der Waals surface area (Å²) < 4.78 is 58.4. The summed E-state index contributed by atoms with van der Waals surface area (Å²) in [6, 6.07) is 10.2. The van der Waals surface area contributed by atoms with Gasteiger partial charge in [0.2, 0.25) is 10.0 Å². The van der Waals surface area contributed by atoms with Crippen molar-refractivity contribution in [1.82, 2.24) is 14.9 Å². The van der Waals surface area contributed by atoms with Crippen LogP contribution < -0.4 is 10.6 Å². The second-order valence-electron chi connectivity index (χ2n) is 7.09. The fourth-order valence-corrected chi connectivity index (χ4v) is 4.72. The van der Waals surface area contributed by atoms with Gasteiger partial charge in [-0.1, -0.05) is 12.1 Å². The number of ether oxygens (including phenoxy) is 1. The molecule has 0 aliphatic carbocycles. The molecule has 2 aromatic rings. The van der Waals surface area contributed by atoms with Crippen LogP contribution in [0, 0.1) is 11.6 Å². The van der Waals surface area contributed by atoms with Gasteiger partial charge in [0.25, 0.3) is 0 Å². The minimum absolute atomic E-state index is 0.0979. The number of rotatable bonds is 7. The SMILES string of the molecule is O=C(NCCc1ccc(F)cc1)C(=O)NC[C@@H]1OCCCN1S(=O)(=O)c1ccc(F)cc1. The quantitative estimate of drug-likeness (QED) is 0.595. The van der Waals surface area contributed by atoms with Crippen LogP contribution in [-0.4, -0.2) is 57.0 Å². The number of nitrogens with one attached hydrogen (secondary N) is 2. The van der Waals surface area contributed by atoms with Gasteiger partial charge in [0, 0.05) is 13.1 Å². The zero-order chi connectivity index (χ0) is 23.1. The summed E-state index contributed by atoms with van der Waals surface area (Å²) in [7, 11) is -3.98. The third-order valence-electron chi connectivity index (χ3n) is 4.83. The van der Waals surface area contributed by atoms with Gasteiger partial charge in [-0.15, -0.1) is 0 Å². The number of hydrogen-bond acceptors (Lipinski definition) is 5. The van der Waals surface area contributed by atoms with Crippen LogP contribution in [0.2, 0.25) is 0 Å². The van der Waals surface area contributed by atoms with Gasteiger partial charge >= 0.3 is 11.8 Å². The Morgan fingerprint density at radius 1 is 0.969 bits per heavy atom. The highest BCUT2D eigenvalue weighted by Crippen LogP contribution is 2.22. The van der Waals surface area contributed by atoms with Gasteiger partial charge in [-0.3, -0.25) is 9.59 Å². The second-order valence-corrected chi connectivity index (χ2v) is 8.98. The molecule has 2 amide bonds. The monoisotopic (exact) mass is 467 g/mol. The molecule has 11 heteroatoms. The van der Waals surface area contributed by atoms with Crippen molar-refractivity contribution in [3.8, 4) is 0 Å². The van der Waals surface area contributed by atoms with Crippen molar-refractivity contribution in [3.05, 3.63) is 65.7 Å². The Morgan fingerprint density at radius 3 is 2.22 bits per heavy atom. The first kappa shape index (κ1) is 23.8. The van der Waals surface area contributed by atoms with E-state index in [9.17, 15) is 26.8 Å². The van der Waals surface area contributed by atoms with E-state index in [0.29, 0.717) is 19.4 Å². The Morgan fingerprint density at radius 2 is 1.56 bits per heavy atom. The molecule has 0 bridgehead atoms. The highest BCUT2D eigenvalue weighted by molar-refractivity contribution is 7.89. The lowest BCUT2D eigenvalue weighted by molar-refractivity contribution is -0.140. The smallest absolute Gasteiger partial charge is 0.309 e. The van der Waals surface area contributed by atoms with Crippen LogP contribution in [0.4, 0.5) is 8.78 Å². The predicted molar refractivity (Wildman–Crippen MR) is 111 cm³/mol. The van der Waals surface area contributed by atoms with Gasteiger partial charge in [0.15, 0.2) is 0 Å². The van der Waals surface area contributed by atoms with Crippen molar-refractivity contribution < 1.29 is 31.5 Å². The maximum absolute atomic E-state index is 13.1. The molecule has 1 heterocycles. The highest BCUT2D eigenvalue weighted by atomic mass is 32.2. The van der Waals surface area contributed by atoms with E-state index < -0.39 is 33.9 Å². The van der Waals surface area contributed by atoms with Crippen molar-refractivity contribution in [1.29, 1.82) is 0 Å². The molecular formula is C21H23F2N3O5S. The lowest BCUT2D eigenvalue weighted by atomic mass is 10.1. The molecule has 0 saturated carbocycles. The molecule has 1 saturated heterocycles. The molecule has 8 nitrogen and oxygen atoms in total. The number of nitrogens with zero attached hydrogens (tertiary/aromatic N) is 1. The van der Waals surface area contributed by atoms with E-state index in [1.807, 2.05) is 0 Å². The lowest BCUT2D eigenvalue weighted by Crippen LogP contribution is -2.53. The van der Waals surface area contributed by atoms with E-state index in [0.717, 1.165) is 34.1 Å². The van der Waals surface area contributed by atoms with Crippen molar-refractivity contribution in [2.45, 2.75) is 24.0 Å². The topological polar surface area (TPSA) is 105 Å². The van der Waals surface area contributed by atoms with E-state index in [1.165, 1.54) is 12.1 Å². The van der Waals surface area contributed by atoms with E-state index in [1.54, 1.807) is 12.1 Å². The van der Waals surface area contributed by atoms with Crippen LogP contribution in [0.1, 0.15) is 12.0 Å². The van der Waals surface area contributed by atoms with Gasteiger partial charge in [-0.2, -0.15) is 4.31 Å². The number of carbonyl (C=O) groups excluding carboxylic acids is 2. The fourth-order valence-electron chi connectivity index (χ4n) is 3.16. The summed E-state index contributed by atoms with van der Waals surface area (Å²) in [6.07, 6.45) is -0.140. The lowest BCUT2D eigenvalue weighted by Gasteiger charge is -2.34. The molecular weight excluding hydrogens is 444 g/mol. The maximum Gasteiger partial charge on any atom is 0.309 e. The highest BCUT2D eigenvalue weighted by Gasteiger charge is 2.34. The number of benzene rings is 2. The standard InChI is InChI=1S/C21H23F2N3O5S/c22-16-4-2-15(3-5-16)10-11-24-20(27)21(28)25-14-19-26(12-1-13-31-19)32(29,30)18-8-6-17(23)7-9-18/h2-9,19H,1,10-14H2,(H,24,27)(H,25,28)/t19-/m0/s1. The van der Waals surface area contributed by atoms with E-state index in [-0.39, 0.29) is 30.3 Å². The van der Waals surface area contributed by atoms with Gasteiger partial charge in [0.1, 0.15) is 17.9 Å². The number of carbonyl (C=O) groups is 2. The molecule has 1 aliphatic heterocycles. The molecule has 1 atom stereocenters. The van der Waals surface area contributed by atoms with Crippen LogP contribution in [-0.2, 0) is 30.8 Å². The molecule has 0 spiro atoms. The average molecular weight is 467 g/mol. The summed E-state index contributed by atoms with van der Waals surface area (Å²) in [5.74, 6) is -2.74. The molecule has 32 heavy (non-hydrogen) atoms. The largest absolute Gasteiger partial charge is 0.360 e. The van der Waals surface area contributed by atoms with Gasteiger partial charge in [-0.25, -0.2) is 17.2 Å². The fraction of sp³-hybridized carbons (Fsp3) is 0.333. The van der Waals surface area contributed by atoms with Gasteiger partial charge in [0.05, 0.1) is 18.0 Å². The minimum atomic E-state index is -3.98. The molecule has 0 radical (unpaired) electrons. The zero-order valence-electron chi connectivity index (χ0n) is 17.1. The number of sulfonamides is 1. The summed E-state index contributed by atoms with van der Waals surface area (Å²) in [6.45, 7) is 0.386. The number of halogens is 2. The summed E-state index contributed by atoms with van der Waals surface area (Å²) in [5.41, 5.74) is 0.796. The van der Waals surface area contributed by atoms with Crippen molar-refractivity contribution in [3.63, 3.8) is 0 Å². The number of hydrogen-bond donors (Lipinski definition) is 2.